The van der Waals surface area contributed by atoms with E-state index in [1.165, 1.54) is 10.5 Å². The van der Waals surface area contributed by atoms with Gasteiger partial charge in [0.05, 0.1) is 13.0 Å². The second kappa shape index (κ2) is 9.66. The Hall–Kier alpha value is -1.69. The van der Waals surface area contributed by atoms with Gasteiger partial charge in [-0.3, -0.25) is 4.79 Å². The Morgan fingerprint density at radius 2 is 1.94 bits per heavy atom. The molecule has 32 heavy (non-hydrogen) atoms. The zero-order valence-electron chi connectivity index (χ0n) is 19.2. The summed E-state index contributed by atoms with van der Waals surface area (Å²) in [4.78, 5) is 15.6. The molecule has 4 nitrogen and oxygen atoms in total. The van der Waals surface area contributed by atoms with E-state index in [-0.39, 0.29) is 11.4 Å². The van der Waals surface area contributed by atoms with Crippen molar-refractivity contribution in [2.75, 3.05) is 26.2 Å². The number of fused-ring (bicyclic) bond motifs is 2. The monoisotopic (exact) mass is 473 g/mol. The Labute approximate surface area is 200 Å². The van der Waals surface area contributed by atoms with Gasteiger partial charge in [0.15, 0.2) is 0 Å². The number of carbonyl (C=O) groups excluding carboxylic acids is 1. The highest BCUT2D eigenvalue weighted by Gasteiger charge is 2.43. The Morgan fingerprint density at radius 1 is 1.19 bits per heavy atom. The van der Waals surface area contributed by atoms with Crippen LogP contribution in [0, 0.1) is 0 Å². The number of carbonyl (C=O) groups is 1. The quantitative estimate of drug-likeness (QED) is 0.375. The van der Waals surface area contributed by atoms with Crippen LogP contribution in [0.25, 0.3) is 0 Å². The number of ether oxygens (including phenoxy) is 2. The second-order valence-corrected chi connectivity index (χ2v) is 11.2. The number of likely N-dealkylation sites (tertiary alicyclic amines) is 1. The van der Waals surface area contributed by atoms with Gasteiger partial charge >= 0.3 is 5.97 Å². The molecule has 0 unspecified atom stereocenters. The number of rotatable bonds is 6. The molecule has 4 rings (SSSR count). The van der Waals surface area contributed by atoms with E-state index < -0.39 is 5.60 Å². The van der Waals surface area contributed by atoms with Crippen molar-refractivity contribution in [1.82, 2.24) is 4.90 Å². The number of benzene rings is 2. The summed E-state index contributed by atoms with van der Waals surface area (Å²) in [5.41, 5.74) is 2.17. The van der Waals surface area contributed by atoms with E-state index in [9.17, 15) is 4.79 Å². The lowest BCUT2D eigenvalue weighted by atomic mass is 9.74. The van der Waals surface area contributed by atoms with Crippen LogP contribution in [0.2, 0.25) is 5.02 Å². The molecule has 0 radical (unpaired) electrons. The van der Waals surface area contributed by atoms with Crippen molar-refractivity contribution in [2.24, 2.45) is 0 Å². The normalized spacial score (nSPS) is 17.8. The predicted octanol–water partition coefficient (Wildman–Crippen LogP) is 6.09. The van der Waals surface area contributed by atoms with E-state index in [1.807, 2.05) is 39.0 Å². The molecule has 2 heterocycles. The van der Waals surface area contributed by atoms with Crippen molar-refractivity contribution < 1.29 is 14.3 Å². The summed E-state index contributed by atoms with van der Waals surface area (Å²) >= 11 is 8.08. The molecule has 1 fully saturated rings. The third-order valence-corrected chi connectivity index (χ3v) is 7.66. The minimum absolute atomic E-state index is 0.101. The zero-order chi connectivity index (χ0) is 22.8. The molecule has 0 amide bonds. The molecular weight excluding hydrogens is 442 g/mol. The Balaban J connectivity index is 1.32. The van der Waals surface area contributed by atoms with Crippen LogP contribution in [0.4, 0.5) is 0 Å². The lowest BCUT2D eigenvalue weighted by Gasteiger charge is -2.38. The van der Waals surface area contributed by atoms with Crippen LogP contribution >= 0.6 is 23.4 Å². The Morgan fingerprint density at radius 3 is 2.66 bits per heavy atom. The average molecular weight is 474 g/mol. The van der Waals surface area contributed by atoms with Gasteiger partial charge in [-0.25, -0.2) is 0 Å². The van der Waals surface area contributed by atoms with Gasteiger partial charge in [-0.05, 0) is 70.5 Å². The molecule has 0 aromatic heterocycles. The van der Waals surface area contributed by atoms with Crippen LogP contribution < -0.4 is 4.74 Å². The molecule has 0 N–H and O–H groups in total. The fraction of sp³-hybridized carbons (Fsp3) is 0.500. The summed E-state index contributed by atoms with van der Waals surface area (Å²) in [7, 11) is 0. The topological polar surface area (TPSA) is 38.8 Å². The molecule has 2 aliphatic heterocycles. The Kier molecular flexibility index (Phi) is 7.09. The summed E-state index contributed by atoms with van der Waals surface area (Å²) in [6.07, 6.45) is 2.56. The number of hydrogen-bond donors (Lipinski definition) is 0. The largest absolute Gasteiger partial charge is 0.492 e. The molecule has 2 aliphatic rings. The number of halogens is 1. The van der Waals surface area contributed by atoms with E-state index in [0.717, 1.165) is 61.2 Å². The van der Waals surface area contributed by atoms with Crippen molar-refractivity contribution in [2.45, 2.75) is 61.7 Å². The summed E-state index contributed by atoms with van der Waals surface area (Å²) in [6, 6.07) is 14.6. The van der Waals surface area contributed by atoms with E-state index in [4.69, 9.17) is 21.1 Å². The summed E-state index contributed by atoms with van der Waals surface area (Å²) in [5, 5.41) is 0.815. The second-order valence-electron chi connectivity index (χ2n) is 9.79. The molecule has 0 saturated carbocycles. The van der Waals surface area contributed by atoms with Crippen molar-refractivity contribution in [3.63, 3.8) is 0 Å². The van der Waals surface area contributed by atoms with Crippen LogP contribution in [-0.2, 0) is 20.7 Å². The minimum atomic E-state index is -0.418. The van der Waals surface area contributed by atoms with Crippen LogP contribution in [-0.4, -0.2) is 42.7 Å². The molecule has 172 valence electrons. The molecule has 1 saturated heterocycles. The number of thioether (sulfide) groups is 1. The fourth-order valence-corrected chi connectivity index (χ4v) is 5.69. The third-order valence-electron chi connectivity index (χ3n) is 6.25. The van der Waals surface area contributed by atoms with Gasteiger partial charge in [-0.2, -0.15) is 0 Å². The predicted molar refractivity (Wildman–Crippen MR) is 131 cm³/mol. The summed E-state index contributed by atoms with van der Waals surface area (Å²) in [5.74, 6) is 1.75. The van der Waals surface area contributed by atoms with Gasteiger partial charge < -0.3 is 14.4 Å². The van der Waals surface area contributed by atoms with Crippen molar-refractivity contribution in [1.29, 1.82) is 0 Å². The van der Waals surface area contributed by atoms with Crippen molar-refractivity contribution in [3.05, 3.63) is 58.6 Å². The molecule has 6 heteroatoms. The highest BCUT2D eigenvalue weighted by molar-refractivity contribution is 7.98. The van der Waals surface area contributed by atoms with Gasteiger partial charge in [0.1, 0.15) is 11.4 Å². The van der Waals surface area contributed by atoms with Gasteiger partial charge in [-0.15, -0.1) is 11.8 Å². The maximum absolute atomic E-state index is 12.0. The lowest BCUT2D eigenvalue weighted by molar-refractivity contribution is -0.155. The van der Waals surface area contributed by atoms with E-state index in [0.29, 0.717) is 6.42 Å². The summed E-state index contributed by atoms with van der Waals surface area (Å²) in [6.45, 7) is 9.20. The van der Waals surface area contributed by atoms with Crippen molar-refractivity contribution >= 4 is 29.3 Å². The fourth-order valence-electron chi connectivity index (χ4n) is 4.48. The molecule has 1 spiro atoms. The smallest absolute Gasteiger partial charge is 0.307 e. The van der Waals surface area contributed by atoms with Gasteiger partial charge in [0, 0.05) is 33.2 Å². The Bertz CT molecular complexity index is 964. The maximum atomic E-state index is 12.0. The highest BCUT2D eigenvalue weighted by Crippen LogP contribution is 2.47. The first-order valence-corrected chi connectivity index (χ1v) is 12.7. The van der Waals surface area contributed by atoms with E-state index in [2.05, 4.69) is 29.2 Å². The summed E-state index contributed by atoms with van der Waals surface area (Å²) < 4.78 is 11.6. The zero-order valence-corrected chi connectivity index (χ0v) is 20.7. The molecule has 0 atom stereocenters. The van der Waals surface area contributed by atoms with Crippen LogP contribution in [0.5, 0.6) is 5.75 Å². The maximum Gasteiger partial charge on any atom is 0.307 e. The van der Waals surface area contributed by atoms with Crippen LogP contribution in [0.3, 0.4) is 0 Å². The number of esters is 1. The molecular formula is C26H32ClNO3S. The number of hydrogen-bond acceptors (Lipinski definition) is 5. The van der Waals surface area contributed by atoms with Crippen LogP contribution in [0.15, 0.2) is 47.4 Å². The number of nitrogens with zero attached hydrogens (tertiary/aromatic N) is 1. The van der Waals surface area contributed by atoms with Crippen LogP contribution in [0.1, 0.15) is 51.2 Å². The first kappa shape index (κ1) is 23.5. The molecule has 2 aromatic rings. The van der Waals surface area contributed by atoms with E-state index >= 15 is 0 Å². The van der Waals surface area contributed by atoms with Gasteiger partial charge in [0.2, 0.25) is 0 Å². The lowest BCUT2D eigenvalue weighted by Crippen LogP contribution is -2.44. The first-order valence-electron chi connectivity index (χ1n) is 11.3. The molecule has 0 bridgehead atoms. The minimum Gasteiger partial charge on any atom is -0.492 e. The van der Waals surface area contributed by atoms with Gasteiger partial charge in [-0.1, -0.05) is 35.9 Å². The van der Waals surface area contributed by atoms with Crippen molar-refractivity contribution in [3.8, 4) is 5.75 Å². The number of piperidine rings is 1. The third kappa shape index (κ3) is 5.62. The first-order chi connectivity index (χ1) is 15.2. The molecule has 0 aliphatic carbocycles. The molecule has 2 aromatic carbocycles. The SMILES string of the molecule is CC(C)(C)OC(=O)CCN1CCC2(CC1)COc1cc(SCc3ccccc3Cl)ccc12. The van der Waals surface area contributed by atoms with E-state index in [1.54, 1.807) is 11.8 Å². The average Bonchev–Trinajstić information content (AvgIpc) is 3.09. The highest BCUT2D eigenvalue weighted by atomic mass is 35.5. The van der Waals surface area contributed by atoms with Gasteiger partial charge in [0.25, 0.3) is 0 Å². The standard InChI is InChI=1S/C26H32ClNO3S/c1-25(2,3)31-24(29)10-13-28-14-11-26(12-15-28)18-30-23-16-20(8-9-21(23)26)32-17-19-6-4-5-7-22(19)27/h4-9,16H,10-15,17-18H2,1-3H3.